The Kier molecular flexibility index (Phi) is 3.11. The molecule has 1 fully saturated rings. The van der Waals surface area contributed by atoms with Gasteiger partial charge in [0.25, 0.3) is 0 Å². The molecular weight excluding hydrogens is 148 g/mol. The molecule has 1 rings (SSSR count). The fourth-order valence-electron chi connectivity index (χ4n) is 1.94. The second kappa shape index (κ2) is 3.91. The Morgan fingerprint density at radius 3 is 2.83 bits per heavy atom. The molecule has 1 N–H and O–H groups in total. The minimum Gasteiger partial charge on any atom is -0.313 e. The summed E-state index contributed by atoms with van der Waals surface area (Å²) in [6.07, 6.45) is 4.49. The van der Waals surface area contributed by atoms with Gasteiger partial charge in [-0.25, -0.2) is 0 Å². The van der Waals surface area contributed by atoms with Crippen molar-refractivity contribution in [2.24, 2.45) is 5.41 Å². The van der Waals surface area contributed by atoms with Crippen LogP contribution in [0.25, 0.3) is 0 Å². The number of hydrogen-bond acceptors (Lipinski definition) is 2. The minimum absolute atomic E-state index is 0.518. The SMILES string of the molecule is CC1(C)CCC(NCCC#N)C1. The predicted molar refractivity (Wildman–Crippen MR) is 49.7 cm³/mol. The Labute approximate surface area is 75.0 Å². The van der Waals surface area contributed by atoms with Gasteiger partial charge in [0.1, 0.15) is 0 Å². The largest absolute Gasteiger partial charge is 0.313 e. The van der Waals surface area contributed by atoms with Gasteiger partial charge in [-0.05, 0) is 24.7 Å². The summed E-state index contributed by atoms with van der Waals surface area (Å²) in [5.74, 6) is 0. The van der Waals surface area contributed by atoms with Gasteiger partial charge in [-0.1, -0.05) is 13.8 Å². The summed E-state index contributed by atoms with van der Waals surface area (Å²) in [7, 11) is 0. The topological polar surface area (TPSA) is 35.8 Å². The van der Waals surface area contributed by atoms with Crippen molar-refractivity contribution in [3.63, 3.8) is 0 Å². The van der Waals surface area contributed by atoms with Gasteiger partial charge in [0.05, 0.1) is 6.07 Å². The quantitative estimate of drug-likeness (QED) is 0.651. The first-order chi connectivity index (χ1) is 5.64. The molecule has 1 aliphatic carbocycles. The third-order valence-electron chi connectivity index (χ3n) is 2.64. The number of hydrogen-bond donors (Lipinski definition) is 1. The molecule has 0 amide bonds. The summed E-state index contributed by atoms with van der Waals surface area (Å²) in [5, 5.41) is 11.8. The fraction of sp³-hybridized carbons (Fsp3) is 0.900. The van der Waals surface area contributed by atoms with E-state index in [-0.39, 0.29) is 0 Å². The molecule has 1 unspecified atom stereocenters. The van der Waals surface area contributed by atoms with Gasteiger partial charge in [0.2, 0.25) is 0 Å². The van der Waals surface area contributed by atoms with Crippen LogP contribution in [0.4, 0.5) is 0 Å². The Morgan fingerprint density at radius 2 is 2.33 bits per heavy atom. The average molecular weight is 166 g/mol. The molecule has 0 aromatic heterocycles. The van der Waals surface area contributed by atoms with E-state index in [0.29, 0.717) is 17.9 Å². The van der Waals surface area contributed by atoms with E-state index < -0.39 is 0 Å². The van der Waals surface area contributed by atoms with Gasteiger partial charge in [0.15, 0.2) is 0 Å². The third kappa shape index (κ3) is 2.83. The summed E-state index contributed by atoms with van der Waals surface area (Å²) < 4.78 is 0. The molecule has 0 heterocycles. The van der Waals surface area contributed by atoms with Crippen molar-refractivity contribution < 1.29 is 0 Å². The molecule has 0 aromatic carbocycles. The van der Waals surface area contributed by atoms with Crippen LogP contribution in [-0.4, -0.2) is 12.6 Å². The van der Waals surface area contributed by atoms with Crippen LogP contribution in [0.1, 0.15) is 39.5 Å². The van der Waals surface area contributed by atoms with Crippen molar-refractivity contribution in [2.75, 3.05) is 6.54 Å². The lowest BCUT2D eigenvalue weighted by Crippen LogP contribution is -2.28. The lowest BCUT2D eigenvalue weighted by Gasteiger charge is -2.17. The lowest BCUT2D eigenvalue weighted by atomic mass is 9.92. The Bertz CT molecular complexity index is 179. The molecule has 0 saturated heterocycles. The smallest absolute Gasteiger partial charge is 0.0635 e. The Hall–Kier alpha value is -0.550. The molecule has 0 spiro atoms. The maximum Gasteiger partial charge on any atom is 0.0635 e. The van der Waals surface area contributed by atoms with Gasteiger partial charge < -0.3 is 5.32 Å². The van der Waals surface area contributed by atoms with Crippen molar-refractivity contribution in [3.05, 3.63) is 0 Å². The van der Waals surface area contributed by atoms with Crippen LogP contribution >= 0.6 is 0 Å². The first-order valence-electron chi connectivity index (χ1n) is 4.74. The van der Waals surface area contributed by atoms with Crippen LogP contribution in [0.15, 0.2) is 0 Å². The first-order valence-corrected chi connectivity index (χ1v) is 4.74. The summed E-state index contributed by atoms with van der Waals surface area (Å²) in [6, 6.07) is 2.81. The fourth-order valence-corrected chi connectivity index (χ4v) is 1.94. The van der Waals surface area contributed by atoms with E-state index >= 15 is 0 Å². The molecule has 1 saturated carbocycles. The van der Waals surface area contributed by atoms with Crippen molar-refractivity contribution in [1.82, 2.24) is 5.32 Å². The van der Waals surface area contributed by atoms with E-state index in [4.69, 9.17) is 5.26 Å². The average Bonchev–Trinajstić information content (AvgIpc) is 2.31. The van der Waals surface area contributed by atoms with Crippen LogP contribution in [0.5, 0.6) is 0 Å². The van der Waals surface area contributed by atoms with Crippen molar-refractivity contribution in [2.45, 2.75) is 45.6 Å². The standard InChI is InChI=1S/C10H18N2/c1-10(2)5-4-9(8-10)12-7-3-6-11/h9,12H,3-5,7-8H2,1-2H3. The highest BCUT2D eigenvalue weighted by atomic mass is 14.9. The summed E-state index contributed by atoms with van der Waals surface area (Å²) >= 11 is 0. The highest BCUT2D eigenvalue weighted by Gasteiger charge is 2.30. The molecular formula is C10H18N2. The zero-order valence-corrected chi connectivity index (χ0v) is 8.06. The normalized spacial score (nSPS) is 26.9. The van der Waals surface area contributed by atoms with Crippen molar-refractivity contribution in [3.8, 4) is 6.07 Å². The van der Waals surface area contributed by atoms with Crippen LogP contribution in [0, 0.1) is 16.7 Å². The van der Waals surface area contributed by atoms with Gasteiger partial charge >= 0.3 is 0 Å². The number of nitriles is 1. The van der Waals surface area contributed by atoms with Crippen LogP contribution in [0.3, 0.4) is 0 Å². The molecule has 0 radical (unpaired) electrons. The molecule has 1 atom stereocenters. The molecule has 0 aliphatic heterocycles. The van der Waals surface area contributed by atoms with Crippen LogP contribution < -0.4 is 5.32 Å². The van der Waals surface area contributed by atoms with E-state index in [2.05, 4.69) is 25.2 Å². The second-order valence-corrected chi connectivity index (χ2v) is 4.47. The van der Waals surface area contributed by atoms with Gasteiger partial charge in [0, 0.05) is 19.0 Å². The van der Waals surface area contributed by atoms with Crippen molar-refractivity contribution in [1.29, 1.82) is 5.26 Å². The molecule has 2 nitrogen and oxygen atoms in total. The summed E-state index contributed by atoms with van der Waals surface area (Å²) in [6.45, 7) is 5.50. The summed E-state index contributed by atoms with van der Waals surface area (Å²) in [4.78, 5) is 0. The molecule has 68 valence electrons. The highest BCUT2D eigenvalue weighted by Crippen LogP contribution is 2.36. The Morgan fingerprint density at radius 1 is 1.58 bits per heavy atom. The zero-order chi connectivity index (χ0) is 9.03. The second-order valence-electron chi connectivity index (χ2n) is 4.47. The van der Waals surface area contributed by atoms with E-state index in [1.807, 2.05) is 0 Å². The predicted octanol–water partition coefficient (Wildman–Crippen LogP) is 2.07. The van der Waals surface area contributed by atoms with E-state index in [0.717, 1.165) is 6.54 Å². The van der Waals surface area contributed by atoms with Crippen LogP contribution in [-0.2, 0) is 0 Å². The van der Waals surface area contributed by atoms with Crippen molar-refractivity contribution >= 4 is 0 Å². The van der Waals surface area contributed by atoms with Gasteiger partial charge in [-0.15, -0.1) is 0 Å². The van der Waals surface area contributed by atoms with E-state index in [1.54, 1.807) is 0 Å². The first kappa shape index (κ1) is 9.54. The molecule has 2 heteroatoms. The maximum absolute atomic E-state index is 8.35. The zero-order valence-electron chi connectivity index (χ0n) is 8.06. The monoisotopic (exact) mass is 166 g/mol. The van der Waals surface area contributed by atoms with Gasteiger partial charge in [-0.2, -0.15) is 5.26 Å². The molecule has 0 aromatic rings. The van der Waals surface area contributed by atoms with Crippen LogP contribution in [0.2, 0.25) is 0 Å². The number of nitrogens with one attached hydrogen (secondary N) is 1. The number of nitrogens with zero attached hydrogens (tertiary/aromatic N) is 1. The highest BCUT2D eigenvalue weighted by molar-refractivity contribution is 4.86. The molecule has 1 aliphatic rings. The molecule has 0 bridgehead atoms. The minimum atomic E-state index is 0.518. The lowest BCUT2D eigenvalue weighted by molar-refractivity contribution is 0.365. The maximum atomic E-state index is 8.35. The Balaban J connectivity index is 2.16. The van der Waals surface area contributed by atoms with E-state index in [9.17, 15) is 0 Å². The van der Waals surface area contributed by atoms with E-state index in [1.165, 1.54) is 19.3 Å². The third-order valence-corrected chi connectivity index (χ3v) is 2.64. The summed E-state index contributed by atoms with van der Waals surface area (Å²) in [5.41, 5.74) is 0.518. The number of rotatable bonds is 3. The molecule has 12 heavy (non-hydrogen) atoms. The van der Waals surface area contributed by atoms with Gasteiger partial charge in [-0.3, -0.25) is 0 Å².